The van der Waals surface area contributed by atoms with Crippen molar-refractivity contribution in [2.75, 3.05) is 19.0 Å². The molecular weight excluding hydrogens is 336 g/mol. The maximum Gasteiger partial charge on any atom is 0.220 e. The molecule has 1 fully saturated rings. The molecule has 1 heterocycles. The number of benzene rings is 1. The number of aromatic nitrogens is 2. The summed E-state index contributed by atoms with van der Waals surface area (Å²) >= 11 is 0. The molecule has 0 saturated heterocycles. The number of hydrogen-bond donors (Lipinski definition) is 1. The van der Waals surface area contributed by atoms with Crippen molar-refractivity contribution >= 4 is 11.7 Å². The topological polar surface area (TPSA) is 58.1 Å². The van der Waals surface area contributed by atoms with Gasteiger partial charge in [0, 0.05) is 44.6 Å². The molecule has 1 amide bonds. The molecule has 0 spiro atoms. The van der Waals surface area contributed by atoms with Crippen molar-refractivity contribution in [2.45, 2.75) is 51.5 Å². The fraction of sp³-hybridized carbons (Fsp3) is 0.500. The van der Waals surface area contributed by atoms with Crippen LogP contribution < -0.4 is 10.2 Å². The lowest BCUT2D eigenvalue weighted by atomic mass is 10.0. The molecule has 5 nitrogen and oxygen atoms in total. The average Bonchev–Trinajstić information content (AvgIpc) is 3.46. The Bertz CT molecular complexity index is 749. The van der Waals surface area contributed by atoms with Crippen LogP contribution in [0, 0.1) is 5.92 Å². The number of amides is 1. The summed E-state index contributed by atoms with van der Waals surface area (Å²) in [6.45, 7) is 4.12. The van der Waals surface area contributed by atoms with Crippen molar-refractivity contribution in [1.82, 2.24) is 15.3 Å². The Labute approximate surface area is 162 Å². The second kappa shape index (κ2) is 8.51. The molecule has 1 unspecified atom stereocenters. The van der Waals surface area contributed by atoms with Crippen LogP contribution in [-0.4, -0.2) is 30.0 Å². The molecule has 3 rings (SSSR count). The second-order valence-corrected chi connectivity index (χ2v) is 8.08. The molecule has 1 N–H and O–H groups in total. The highest BCUT2D eigenvalue weighted by Crippen LogP contribution is 2.38. The van der Waals surface area contributed by atoms with Gasteiger partial charge in [0.2, 0.25) is 5.91 Å². The van der Waals surface area contributed by atoms with Gasteiger partial charge in [-0.15, -0.1) is 0 Å². The molecular formula is C22H30N4O. The van der Waals surface area contributed by atoms with Gasteiger partial charge in [-0.05, 0) is 24.3 Å². The number of hydrogen-bond acceptors (Lipinski definition) is 4. The van der Waals surface area contributed by atoms with Crippen molar-refractivity contribution < 1.29 is 4.79 Å². The SMILES string of the molecule is CC(C)CC(=O)NC(Cc1cc(N(C)C)nc(C2CC2)n1)c1ccccc1. The van der Waals surface area contributed by atoms with Gasteiger partial charge in [0.25, 0.3) is 0 Å². The van der Waals surface area contributed by atoms with E-state index < -0.39 is 0 Å². The minimum absolute atomic E-state index is 0.0863. The van der Waals surface area contributed by atoms with E-state index in [0.29, 0.717) is 24.7 Å². The molecule has 0 aliphatic heterocycles. The van der Waals surface area contributed by atoms with Gasteiger partial charge >= 0.3 is 0 Å². The first kappa shape index (κ1) is 19.3. The summed E-state index contributed by atoms with van der Waals surface area (Å²) in [4.78, 5) is 24.0. The molecule has 1 atom stereocenters. The van der Waals surface area contributed by atoms with Gasteiger partial charge < -0.3 is 10.2 Å². The van der Waals surface area contributed by atoms with Crippen molar-refractivity contribution in [2.24, 2.45) is 5.92 Å². The van der Waals surface area contributed by atoms with Crippen LogP contribution in [0.1, 0.15) is 62.2 Å². The Morgan fingerprint density at radius 1 is 1.19 bits per heavy atom. The van der Waals surface area contributed by atoms with Gasteiger partial charge in [-0.2, -0.15) is 0 Å². The van der Waals surface area contributed by atoms with Crippen LogP contribution in [0.15, 0.2) is 36.4 Å². The normalized spacial score (nSPS) is 14.9. The lowest BCUT2D eigenvalue weighted by molar-refractivity contribution is -0.122. The number of carbonyl (C=O) groups is 1. The van der Waals surface area contributed by atoms with Crippen LogP contribution in [0.4, 0.5) is 5.82 Å². The third-order valence-corrected chi connectivity index (χ3v) is 4.73. The van der Waals surface area contributed by atoms with E-state index in [2.05, 4.69) is 31.3 Å². The Morgan fingerprint density at radius 2 is 1.89 bits per heavy atom. The average molecular weight is 367 g/mol. The number of carbonyl (C=O) groups excluding carboxylic acids is 1. The predicted molar refractivity (Wildman–Crippen MR) is 109 cm³/mol. The third-order valence-electron chi connectivity index (χ3n) is 4.73. The lowest BCUT2D eigenvalue weighted by Gasteiger charge is -2.21. The summed E-state index contributed by atoms with van der Waals surface area (Å²) in [6, 6.07) is 12.1. The highest BCUT2D eigenvalue weighted by molar-refractivity contribution is 5.76. The standard InChI is InChI=1S/C22H30N4O/c1-15(2)12-21(27)24-19(16-8-6-5-7-9-16)13-18-14-20(26(3)4)25-22(23-18)17-10-11-17/h5-9,14-15,17,19H,10-13H2,1-4H3,(H,24,27). The summed E-state index contributed by atoms with van der Waals surface area (Å²) in [5, 5.41) is 3.21. The molecule has 1 aliphatic carbocycles. The van der Waals surface area contributed by atoms with Gasteiger partial charge in [0.15, 0.2) is 0 Å². The molecule has 1 aromatic carbocycles. The first-order valence-electron chi connectivity index (χ1n) is 9.82. The van der Waals surface area contributed by atoms with E-state index in [4.69, 9.17) is 9.97 Å². The third kappa shape index (κ3) is 5.52. The molecule has 0 bridgehead atoms. The summed E-state index contributed by atoms with van der Waals surface area (Å²) in [7, 11) is 4.00. The highest BCUT2D eigenvalue weighted by Gasteiger charge is 2.28. The van der Waals surface area contributed by atoms with Gasteiger partial charge in [-0.3, -0.25) is 4.79 Å². The fourth-order valence-electron chi connectivity index (χ4n) is 3.13. The van der Waals surface area contributed by atoms with Crippen LogP contribution in [0.5, 0.6) is 0 Å². The Kier molecular flexibility index (Phi) is 6.09. The molecule has 5 heteroatoms. The van der Waals surface area contributed by atoms with Crippen LogP contribution in [0.3, 0.4) is 0 Å². The van der Waals surface area contributed by atoms with Crippen molar-refractivity contribution in [3.63, 3.8) is 0 Å². The van der Waals surface area contributed by atoms with Gasteiger partial charge in [0.05, 0.1) is 6.04 Å². The van der Waals surface area contributed by atoms with Gasteiger partial charge in [-0.1, -0.05) is 44.2 Å². The quantitative estimate of drug-likeness (QED) is 0.770. The van der Waals surface area contributed by atoms with E-state index in [1.807, 2.05) is 43.3 Å². The molecule has 144 valence electrons. The first-order chi connectivity index (χ1) is 12.9. The number of rotatable bonds is 8. The van der Waals surface area contributed by atoms with Gasteiger partial charge in [0.1, 0.15) is 11.6 Å². The zero-order chi connectivity index (χ0) is 19.4. The predicted octanol–water partition coefficient (Wildman–Crippen LogP) is 3.87. The molecule has 27 heavy (non-hydrogen) atoms. The zero-order valence-electron chi connectivity index (χ0n) is 16.8. The lowest BCUT2D eigenvalue weighted by Crippen LogP contribution is -2.31. The van der Waals surface area contributed by atoms with E-state index in [0.717, 1.165) is 22.9 Å². The second-order valence-electron chi connectivity index (χ2n) is 8.08. The molecule has 2 aromatic rings. The monoisotopic (exact) mass is 366 g/mol. The zero-order valence-corrected chi connectivity index (χ0v) is 16.8. The van der Waals surface area contributed by atoms with Crippen molar-refractivity contribution in [3.05, 3.63) is 53.5 Å². The van der Waals surface area contributed by atoms with E-state index in [-0.39, 0.29) is 11.9 Å². The van der Waals surface area contributed by atoms with Gasteiger partial charge in [-0.25, -0.2) is 9.97 Å². The fourth-order valence-corrected chi connectivity index (χ4v) is 3.13. The smallest absolute Gasteiger partial charge is 0.220 e. The summed E-state index contributed by atoms with van der Waals surface area (Å²) in [6.07, 6.45) is 3.54. The maximum absolute atomic E-state index is 12.4. The molecule has 1 saturated carbocycles. The van der Waals surface area contributed by atoms with E-state index in [9.17, 15) is 4.79 Å². The van der Waals surface area contributed by atoms with Crippen molar-refractivity contribution in [3.8, 4) is 0 Å². The molecule has 1 aromatic heterocycles. The van der Waals surface area contributed by atoms with Crippen molar-refractivity contribution in [1.29, 1.82) is 0 Å². The minimum atomic E-state index is -0.0885. The number of anilines is 1. The van der Waals surface area contributed by atoms with E-state index >= 15 is 0 Å². The van der Waals surface area contributed by atoms with Crippen LogP contribution >= 0.6 is 0 Å². The molecule has 0 radical (unpaired) electrons. The van der Waals surface area contributed by atoms with E-state index in [1.54, 1.807) is 0 Å². The Hall–Kier alpha value is -2.43. The summed E-state index contributed by atoms with van der Waals surface area (Å²) < 4.78 is 0. The summed E-state index contributed by atoms with van der Waals surface area (Å²) in [5.41, 5.74) is 2.09. The van der Waals surface area contributed by atoms with Crippen LogP contribution in [0.25, 0.3) is 0 Å². The Balaban J connectivity index is 1.86. The van der Waals surface area contributed by atoms with Crippen LogP contribution in [0.2, 0.25) is 0 Å². The van der Waals surface area contributed by atoms with E-state index in [1.165, 1.54) is 12.8 Å². The largest absolute Gasteiger partial charge is 0.363 e. The van der Waals surface area contributed by atoms with Crippen LogP contribution in [-0.2, 0) is 11.2 Å². The first-order valence-corrected chi connectivity index (χ1v) is 9.82. The molecule has 1 aliphatic rings. The Morgan fingerprint density at radius 3 is 2.48 bits per heavy atom. The number of nitrogens with zero attached hydrogens (tertiary/aromatic N) is 3. The summed E-state index contributed by atoms with van der Waals surface area (Å²) in [5.74, 6) is 2.79. The maximum atomic E-state index is 12.4. The highest BCUT2D eigenvalue weighted by atomic mass is 16.1. The minimum Gasteiger partial charge on any atom is -0.363 e. The number of nitrogens with one attached hydrogen (secondary N) is 1.